The van der Waals surface area contributed by atoms with Crippen LogP contribution in [0, 0.1) is 0 Å². The Morgan fingerprint density at radius 1 is 1.23 bits per heavy atom. The highest BCUT2D eigenvalue weighted by molar-refractivity contribution is 6.21. The number of hydrogen-bond acceptors (Lipinski definition) is 5. The third-order valence-electron chi connectivity index (χ3n) is 4.23. The number of nitrogens with zero attached hydrogens (tertiary/aromatic N) is 1. The van der Waals surface area contributed by atoms with Gasteiger partial charge in [-0.05, 0) is 18.6 Å². The number of hydrogen-bond donors (Lipinski definition) is 1. The van der Waals surface area contributed by atoms with Gasteiger partial charge < -0.3 is 14.6 Å². The molecule has 0 aliphatic carbocycles. The first-order valence-electron chi connectivity index (χ1n) is 7.41. The molecule has 3 atom stereocenters. The summed E-state index contributed by atoms with van der Waals surface area (Å²) in [4.78, 5) is 25.8. The lowest BCUT2D eigenvalue weighted by atomic mass is 10.0. The monoisotopic (exact) mass is 305 g/mol. The molecule has 1 saturated heterocycles. The maximum Gasteiger partial charge on any atom is 0.261 e. The molecule has 1 aromatic rings. The van der Waals surface area contributed by atoms with Crippen LogP contribution < -0.4 is 0 Å². The number of fused-ring (bicyclic) bond motifs is 1. The molecule has 1 aromatic carbocycles. The van der Waals surface area contributed by atoms with E-state index in [2.05, 4.69) is 0 Å². The topological polar surface area (TPSA) is 76.1 Å². The zero-order chi connectivity index (χ0) is 15.7. The lowest BCUT2D eigenvalue weighted by molar-refractivity contribution is -0.194. The molecule has 0 bridgehead atoms. The van der Waals surface area contributed by atoms with Crippen molar-refractivity contribution in [3.05, 3.63) is 35.4 Å². The third kappa shape index (κ3) is 2.77. The molecule has 118 valence electrons. The highest BCUT2D eigenvalue weighted by Gasteiger charge is 2.36. The Kier molecular flexibility index (Phi) is 4.24. The Labute approximate surface area is 128 Å². The second-order valence-electron chi connectivity index (χ2n) is 5.64. The van der Waals surface area contributed by atoms with Crippen molar-refractivity contribution in [1.82, 2.24) is 4.90 Å². The smallest absolute Gasteiger partial charge is 0.261 e. The molecule has 1 N–H and O–H groups in total. The van der Waals surface area contributed by atoms with E-state index in [1.54, 1.807) is 31.4 Å². The van der Waals surface area contributed by atoms with Gasteiger partial charge in [0.1, 0.15) is 0 Å². The van der Waals surface area contributed by atoms with Crippen molar-refractivity contribution in [2.45, 2.75) is 37.8 Å². The largest absolute Gasteiger partial charge is 0.381 e. The summed E-state index contributed by atoms with van der Waals surface area (Å²) in [5.74, 6) is -0.527. The van der Waals surface area contributed by atoms with E-state index in [0.29, 0.717) is 30.4 Å². The van der Waals surface area contributed by atoms with Crippen LogP contribution in [-0.4, -0.2) is 54.0 Å². The van der Waals surface area contributed by atoms with Crippen LogP contribution in [0.3, 0.4) is 0 Å². The van der Waals surface area contributed by atoms with Gasteiger partial charge in [0, 0.05) is 26.5 Å². The summed E-state index contributed by atoms with van der Waals surface area (Å²) in [6, 6.07) is 6.82. The van der Waals surface area contributed by atoms with Gasteiger partial charge in [0.15, 0.2) is 6.29 Å². The summed E-state index contributed by atoms with van der Waals surface area (Å²) < 4.78 is 10.7. The van der Waals surface area contributed by atoms with E-state index in [-0.39, 0.29) is 30.6 Å². The van der Waals surface area contributed by atoms with Gasteiger partial charge in [0.25, 0.3) is 11.8 Å². The van der Waals surface area contributed by atoms with Crippen LogP contribution in [0.1, 0.15) is 40.0 Å². The molecule has 2 amide bonds. The second-order valence-corrected chi connectivity index (χ2v) is 5.64. The van der Waals surface area contributed by atoms with Crippen molar-refractivity contribution in [2.24, 2.45) is 0 Å². The van der Waals surface area contributed by atoms with Gasteiger partial charge in [-0.1, -0.05) is 12.1 Å². The average molecular weight is 305 g/mol. The molecule has 22 heavy (non-hydrogen) atoms. The van der Waals surface area contributed by atoms with E-state index >= 15 is 0 Å². The van der Waals surface area contributed by atoms with Crippen LogP contribution in [0.4, 0.5) is 0 Å². The van der Waals surface area contributed by atoms with Crippen molar-refractivity contribution in [3.8, 4) is 0 Å². The maximum atomic E-state index is 12.3. The molecule has 3 rings (SSSR count). The van der Waals surface area contributed by atoms with E-state index in [9.17, 15) is 14.7 Å². The third-order valence-corrected chi connectivity index (χ3v) is 4.23. The van der Waals surface area contributed by atoms with Gasteiger partial charge in [-0.2, -0.15) is 0 Å². The first kappa shape index (κ1) is 15.1. The summed E-state index contributed by atoms with van der Waals surface area (Å²) >= 11 is 0. The SMILES string of the molecule is CO[C@H]1CC(O)O[C@H](CCN2C(=O)c3ccccc3C2=O)C1. The summed E-state index contributed by atoms with van der Waals surface area (Å²) in [6.07, 6.45) is 0.443. The number of benzene rings is 1. The fourth-order valence-corrected chi connectivity index (χ4v) is 3.04. The van der Waals surface area contributed by atoms with Gasteiger partial charge in [-0.25, -0.2) is 0 Å². The van der Waals surface area contributed by atoms with Crippen molar-refractivity contribution in [3.63, 3.8) is 0 Å². The van der Waals surface area contributed by atoms with Crippen LogP contribution in [0.5, 0.6) is 0 Å². The average Bonchev–Trinajstić information content (AvgIpc) is 2.77. The van der Waals surface area contributed by atoms with Crippen molar-refractivity contribution >= 4 is 11.8 Å². The van der Waals surface area contributed by atoms with Crippen LogP contribution >= 0.6 is 0 Å². The highest BCUT2D eigenvalue weighted by Crippen LogP contribution is 2.26. The lowest BCUT2D eigenvalue weighted by Gasteiger charge is -2.32. The van der Waals surface area contributed by atoms with E-state index in [1.807, 2.05) is 0 Å². The summed E-state index contributed by atoms with van der Waals surface area (Å²) in [6.45, 7) is 0.278. The number of imide groups is 1. The Hall–Kier alpha value is -1.76. The molecular formula is C16H19NO5. The number of amides is 2. The number of carbonyl (C=O) groups excluding carboxylic acids is 2. The van der Waals surface area contributed by atoms with E-state index in [0.717, 1.165) is 0 Å². The van der Waals surface area contributed by atoms with Crippen molar-refractivity contribution < 1.29 is 24.2 Å². The first-order valence-corrected chi connectivity index (χ1v) is 7.41. The number of aliphatic hydroxyl groups excluding tert-OH is 1. The lowest BCUT2D eigenvalue weighted by Crippen LogP contribution is -2.39. The molecule has 6 nitrogen and oxygen atoms in total. The minimum Gasteiger partial charge on any atom is -0.381 e. The van der Waals surface area contributed by atoms with E-state index in [1.165, 1.54) is 4.90 Å². The number of ether oxygens (including phenoxy) is 2. The molecule has 6 heteroatoms. The quantitative estimate of drug-likeness (QED) is 0.846. The Morgan fingerprint density at radius 2 is 1.86 bits per heavy atom. The first-order chi connectivity index (χ1) is 10.6. The van der Waals surface area contributed by atoms with Crippen LogP contribution in [0.2, 0.25) is 0 Å². The van der Waals surface area contributed by atoms with Gasteiger partial charge in [-0.3, -0.25) is 14.5 Å². The van der Waals surface area contributed by atoms with Gasteiger partial charge in [0.05, 0.1) is 23.3 Å². The minimum atomic E-state index is -0.856. The van der Waals surface area contributed by atoms with Gasteiger partial charge in [0.2, 0.25) is 0 Å². The second kappa shape index (κ2) is 6.16. The maximum absolute atomic E-state index is 12.3. The summed E-state index contributed by atoms with van der Waals surface area (Å²) in [5, 5.41) is 9.67. The number of rotatable bonds is 4. The normalized spacial score (nSPS) is 28.1. The molecule has 1 unspecified atom stereocenters. The van der Waals surface area contributed by atoms with E-state index < -0.39 is 6.29 Å². The Morgan fingerprint density at radius 3 is 2.45 bits per heavy atom. The van der Waals surface area contributed by atoms with Crippen LogP contribution in [0.15, 0.2) is 24.3 Å². The molecule has 0 spiro atoms. The predicted octanol–water partition coefficient (Wildman–Crippen LogP) is 1.19. The zero-order valence-electron chi connectivity index (χ0n) is 12.4. The van der Waals surface area contributed by atoms with Gasteiger partial charge in [-0.15, -0.1) is 0 Å². The fraction of sp³-hybridized carbons (Fsp3) is 0.500. The van der Waals surface area contributed by atoms with Crippen LogP contribution in [0.25, 0.3) is 0 Å². The summed E-state index contributed by atoms with van der Waals surface area (Å²) in [7, 11) is 1.60. The van der Waals surface area contributed by atoms with Gasteiger partial charge >= 0.3 is 0 Å². The zero-order valence-corrected chi connectivity index (χ0v) is 12.4. The standard InChI is InChI=1S/C16H19NO5/c1-21-11-8-10(22-14(18)9-11)6-7-17-15(19)12-4-2-3-5-13(12)16(17)20/h2-5,10-11,14,18H,6-9H2,1H3/t10-,11-,14?/m1/s1. The summed E-state index contributed by atoms with van der Waals surface area (Å²) in [5.41, 5.74) is 0.902. The molecule has 2 aliphatic rings. The highest BCUT2D eigenvalue weighted by atomic mass is 16.6. The van der Waals surface area contributed by atoms with Crippen molar-refractivity contribution in [2.75, 3.05) is 13.7 Å². The molecule has 0 aromatic heterocycles. The minimum absolute atomic E-state index is 0.0593. The number of aliphatic hydroxyl groups is 1. The fourth-order valence-electron chi connectivity index (χ4n) is 3.04. The molecule has 0 radical (unpaired) electrons. The van der Waals surface area contributed by atoms with Crippen LogP contribution in [-0.2, 0) is 9.47 Å². The molecule has 0 saturated carbocycles. The van der Waals surface area contributed by atoms with Crippen molar-refractivity contribution in [1.29, 1.82) is 0 Å². The van der Waals surface area contributed by atoms with E-state index in [4.69, 9.17) is 9.47 Å². The number of methoxy groups -OCH3 is 1. The predicted molar refractivity (Wildman–Crippen MR) is 77.3 cm³/mol. The Balaban J connectivity index is 1.63. The molecule has 1 fully saturated rings. The molecule has 2 heterocycles. The molecule has 2 aliphatic heterocycles. The number of carbonyl (C=O) groups is 2. The Bertz CT molecular complexity index is 553. The molecular weight excluding hydrogens is 286 g/mol.